The van der Waals surface area contributed by atoms with Gasteiger partial charge in [-0.25, -0.2) is 4.79 Å². The molecule has 0 bridgehead atoms. The van der Waals surface area contributed by atoms with E-state index in [4.69, 9.17) is 15.1 Å². The first-order chi connectivity index (χ1) is 8.93. The Hall–Kier alpha value is -1.95. The van der Waals surface area contributed by atoms with Crippen molar-refractivity contribution in [2.45, 2.75) is 31.3 Å². The summed E-state index contributed by atoms with van der Waals surface area (Å²) in [6.07, 6.45) is -0.861. The molecule has 1 fully saturated rings. The number of rotatable bonds is 2. The van der Waals surface area contributed by atoms with Gasteiger partial charge in [0.25, 0.3) is 5.56 Å². The first-order valence-electron chi connectivity index (χ1n) is 5.63. The van der Waals surface area contributed by atoms with Crippen LogP contribution < -0.4 is 11.2 Å². The molecule has 102 valence electrons. The summed E-state index contributed by atoms with van der Waals surface area (Å²) in [5.74, 6) is 0. The Balaban J connectivity index is 2.42. The third-order valence-electron chi connectivity index (χ3n) is 3.19. The average molecular weight is 267 g/mol. The predicted molar refractivity (Wildman–Crippen MR) is 62.2 cm³/mol. The fourth-order valence-electron chi connectivity index (χ4n) is 2.00. The Labute approximate surface area is 107 Å². The van der Waals surface area contributed by atoms with Crippen molar-refractivity contribution in [1.29, 1.82) is 5.26 Å². The molecule has 0 radical (unpaired) electrons. The molecule has 3 N–H and O–H groups in total. The number of nitrogens with one attached hydrogen (secondary N) is 1. The van der Waals surface area contributed by atoms with E-state index in [9.17, 15) is 14.7 Å². The summed E-state index contributed by atoms with van der Waals surface area (Å²) in [7, 11) is 0. The standard InChI is InChI=1S/C11H13N3O5/c1-6-3-14(10(18)13-9(6)17)8-2-7(16)11(4-12,5-15)19-8/h3,7-8,15-16H,2,5H2,1H3,(H,13,17,18)/t7?,8-,11-/m1/s1. The summed E-state index contributed by atoms with van der Waals surface area (Å²) in [6.45, 7) is 0.835. The highest BCUT2D eigenvalue weighted by molar-refractivity contribution is 5.11. The van der Waals surface area contributed by atoms with Gasteiger partial charge in [-0.3, -0.25) is 14.3 Å². The highest BCUT2D eigenvalue weighted by Crippen LogP contribution is 2.35. The van der Waals surface area contributed by atoms with Gasteiger partial charge in [0.2, 0.25) is 5.60 Å². The van der Waals surface area contributed by atoms with Crippen LogP contribution >= 0.6 is 0 Å². The topological polar surface area (TPSA) is 128 Å². The van der Waals surface area contributed by atoms with Crippen LogP contribution in [-0.4, -0.2) is 38.1 Å². The van der Waals surface area contributed by atoms with Gasteiger partial charge in [-0.2, -0.15) is 5.26 Å². The maximum Gasteiger partial charge on any atom is 0.330 e. The number of aryl methyl sites for hydroxylation is 1. The van der Waals surface area contributed by atoms with E-state index in [0.29, 0.717) is 5.56 Å². The molecule has 2 rings (SSSR count). The maximum atomic E-state index is 11.7. The summed E-state index contributed by atoms with van der Waals surface area (Å²) < 4.78 is 6.39. The Kier molecular flexibility index (Phi) is 3.28. The van der Waals surface area contributed by atoms with Gasteiger partial charge in [0.15, 0.2) is 0 Å². The smallest absolute Gasteiger partial charge is 0.330 e. The van der Waals surface area contributed by atoms with E-state index >= 15 is 0 Å². The van der Waals surface area contributed by atoms with Crippen LogP contribution in [0.15, 0.2) is 15.8 Å². The highest BCUT2D eigenvalue weighted by Gasteiger charge is 2.49. The van der Waals surface area contributed by atoms with Crippen molar-refractivity contribution in [1.82, 2.24) is 9.55 Å². The van der Waals surface area contributed by atoms with Crippen molar-refractivity contribution in [3.63, 3.8) is 0 Å². The van der Waals surface area contributed by atoms with Gasteiger partial charge in [-0.15, -0.1) is 0 Å². The molecule has 1 unspecified atom stereocenters. The maximum absolute atomic E-state index is 11.7. The number of ether oxygens (including phenoxy) is 1. The minimum Gasteiger partial charge on any atom is -0.392 e. The first-order valence-corrected chi connectivity index (χ1v) is 5.63. The minimum absolute atomic E-state index is 0.0283. The van der Waals surface area contributed by atoms with E-state index < -0.39 is 35.8 Å². The van der Waals surface area contributed by atoms with E-state index in [0.717, 1.165) is 4.57 Å². The van der Waals surface area contributed by atoms with Gasteiger partial charge in [0.05, 0.1) is 6.61 Å². The number of aliphatic hydroxyl groups excluding tert-OH is 2. The quantitative estimate of drug-likeness (QED) is 0.590. The first kappa shape index (κ1) is 13.5. The number of nitrogens with zero attached hydrogens (tertiary/aromatic N) is 2. The van der Waals surface area contributed by atoms with Crippen molar-refractivity contribution < 1.29 is 14.9 Å². The number of aliphatic hydroxyl groups is 2. The van der Waals surface area contributed by atoms with Crippen LogP contribution in [0.5, 0.6) is 0 Å². The van der Waals surface area contributed by atoms with Crippen molar-refractivity contribution in [2.24, 2.45) is 0 Å². The molecule has 8 nitrogen and oxygen atoms in total. The lowest BCUT2D eigenvalue weighted by atomic mass is 10.00. The minimum atomic E-state index is -1.74. The number of hydrogen-bond acceptors (Lipinski definition) is 6. The SMILES string of the molecule is Cc1cn([C@H]2CC(O)[C@@](C#N)(CO)O2)c(=O)[nH]c1=O. The van der Waals surface area contributed by atoms with Crippen molar-refractivity contribution in [3.8, 4) is 6.07 Å². The summed E-state index contributed by atoms with van der Waals surface area (Å²) in [4.78, 5) is 25.0. The molecule has 0 saturated carbocycles. The number of aromatic nitrogens is 2. The van der Waals surface area contributed by atoms with Gasteiger partial charge in [-0.05, 0) is 6.92 Å². The molecular formula is C11H13N3O5. The zero-order valence-corrected chi connectivity index (χ0v) is 10.2. The van der Waals surface area contributed by atoms with E-state index in [1.807, 2.05) is 0 Å². The molecule has 1 aromatic rings. The molecule has 19 heavy (non-hydrogen) atoms. The van der Waals surface area contributed by atoms with Crippen molar-refractivity contribution >= 4 is 0 Å². The van der Waals surface area contributed by atoms with Gasteiger partial charge in [0, 0.05) is 18.2 Å². The summed E-state index contributed by atoms with van der Waals surface area (Å²) in [5, 5.41) is 27.9. The molecule has 0 spiro atoms. The van der Waals surface area contributed by atoms with Crippen LogP contribution in [0, 0.1) is 18.3 Å². The van der Waals surface area contributed by atoms with Crippen molar-refractivity contribution in [3.05, 3.63) is 32.6 Å². The number of hydrogen-bond donors (Lipinski definition) is 3. The molecule has 2 heterocycles. The number of nitriles is 1. The van der Waals surface area contributed by atoms with Gasteiger partial charge in [-0.1, -0.05) is 0 Å². The van der Waals surface area contributed by atoms with E-state index in [1.54, 1.807) is 6.07 Å². The lowest BCUT2D eigenvalue weighted by Gasteiger charge is -2.21. The Bertz CT molecular complexity index is 643. The van der Waals surface area contributed by atoms with Crippen LogP contribution in [-0.2, 0) is 4.74 Å². The summed E-state index contributed by atoms with van der Waals surface area (Å²) >= 11 is 0. The zero-order chi connectivity index (χ0) is 14.2. The lowest BCUT2D eigenvalue weighted by molar-refractivity contribution is -0.0925. The second-order valence-electron chi connectivity index (χ2n) is 4.46. The van der Waals surface area contributed by atoms with E-state index in [-0.39, 0.29) is 6.42 Å². The molecule has 3 atom stereocenters. The molecule has 0 amide bonds. The predicted octanol–water partition coefficient (Wildman–Crippen LogP) is -1.62. The van der Waals surface area contributed by atoms with Gasteiger partial charge >= 0.3 is 5.69 Å². The summed E-state index contributed by atoms with van der Waals surface area (Å²) in [6, 6.07) is 1.71. The number of aromatic amines is 1. The largest absolute Gasteiger partial charge is 0.392 e. The van der Waals surface area contributed by atoms with Crippen LogP contribution in [0.2, 0.25) is 0 Å². The fraction of sp³-hybridized carbons (Fsp3) is 0.545. The molecule has 1 saturated heterocycles. The Morgan fingerprint density at radius 2 is 2.37 bits per heavy atom. The number of H-pyrrole nitrogens is 1. The second kappa shape index (κ2) is 4.62. The normalized spacial score (nSPS) is 30.2. The third kappa shape index (κ3) is 2.08. The molecular weight excluding hydrogens is 254 g/mol. The van der Waals surface area contributed by atoms with E-state index in [1.165, 1.54) is 13.1 Å². The lowest BCUT2D eigenvalue weighted by Crippen LogP contribution is -2.41. The molecule has 8 heteroatoms. The van der Waals surface area contributed by atoms with Gasteiger partial charge in [0.1, 0.15) is 18.4 Å². The molecule has 0 aliphatic carbocycles. The second-order valence-corrected chi connectivity index (χ2v) is 4.46. The third-order valence-corrected chi connectivity index (χ3v) is 3.19. The highest BCUT2D eigenvalue weighted by atomic mass is 16.6. The van der Waals surface area contributed by atoms with Crippen LogP contribution in [0.1, 0.15) is 18.2 Å². The molecule has 1 aromatic heterocycles. The van der Waals surface area contributed by atoms with Crippen LogP contribution in [0.3, 0.4) is 0 Å². The Morgan fingerprint density at radius 3 is 2.89 bits per heavy atom. The summed E-state index contributed by atoms with van der Waals surface area (Å²) in [5.41, 5.74) is -2.64. The fourth-order valence-corrected chi connectivity index (χ4v) is 2.00. The molecule has 1 aliphatic rings. The van der Waals surface area contributed by atoms with Crippen molar-refractivity contribution in [2.75, 3.05) is 6.61 Å². The monoisotopic (exact) mass is 267 g/mol. The average Bonchev–Trinajstić information content (AvgIpc) is 2.71. The van der Waals surface area contributed by atoms with Gasteiger partial charge < -0.3 is 14.9 Å². The molecule has 0 aromatic carbocycles. The zero-order valence-electron chi connectivity index (χ0n) is 10.2. The van der Waals surface area contributed by atoms with Crippen LogP contribution in [0.4, 0.5) is 0 Å². The van der Waals surface area contributed by atoms with E-state index in [2.05, 4.69) is 4.98 Å². The molecule has 1 aliphatic heterocycles. The van der Waals surface area contributed by atoms with Crippen LogP contribution in [0.25, 0.3) is 0 Å². The Morgan fingerprint density at radius 1 is 1.68 bits per heavy atom.